The van der Waals surface area contributed by atoms with E-state index in [2.05, 4.69) is 20.2 Å². The number of nitrogens with one attached hydrogen (secondary N) is 1. The average molecular weight is 603 g/mol. The van der Waals surface area contributed by atoms with Crippen molar-refractivity contribution in [2.24, 2.45) is 0 Å². The Morgan fingerprint density at radius 1 is 0.932 bits per heavy atom. The number of piperazine rings is 1. The number of carbonyl (C=O) groups excluding carboxylic acids is 2. The van der Waals surface area contributed by atoms with Gasteiger partial charge in [0.15, 0.2) is 0 Å². The van der Waals surface area contributed by atoms with Crippen molar-refractivity contribution in [1.29, 1.82) is 0 Å². The molecule has 2 saturated heterocycles. The number of hydrogen-bond acceptors (Lipinski definition) is 6. The molecular formula is C33H36F2N6O3. The highest BCUT2D eigenvalue weighted by molar-refractivity contribution is 6.09. The van der Waals surface area contributed by atoms with E-state index >= 15 is 0 Å². The van der Waals surface area contributed by atoms with Gasteiger partial charge >= 0.3 is 6.09 Å². The molecule has 4 aromatic rings. The Labute approximate surface area is 255 Å². The van der Waals surface area contributed by atoms with Crippen molar-refractivity contribution in [2.45, 2.75) is 45.3 Å². The van der Waals surface area contributed by atoms with Crippen LogP contribution in [0.4, 0.5) is 30.6 Å². The van der Waals surface area contributed by atoms with E-state index < -0.39 is 17.2 Å². The van der Waals surface area contributed by atoms with Crippen molar-refractivity contribution < 1.29 is 23.1 Å². The molecule has 2 aliphatic rings. The lowest BCUT2D eigenvalue weighted by atomic mass is 10.0. The number of fused-ring (bicyclic) bond motifs is 1. The molecule has 2 amide bonds. The summed E-state index contributed by atoms with van der Waals surface area (Å²) in [6.45, 7) is 8.76. The molecule has 2 aromatic carbocycles. The number of carbonyl (C=O) groups is 2. The van der Waals surface area contributed by atoms with Crippen LogP contribution in [0.2, 0.25) is 0 Å². The zero-order valence-electron chi connectivity index (χ0n) is 25.1. The van der Waals surface area contributed by atoms with Gasteiger partial charge in [-0.25, -0.2) is 18.1 Å². The summed E-state index contributed by atoms with van der Waals surface area (Å²) in [5.41, 5.74) is 3.29. The summed E-state index contributed by atoms with van der Waals surface area (Å²) in [4.78, 5) is 31.7. The lowest BCUT2D eigenvalue weighted by Gasteiger charge is -2.36. The first kappa shape index (κ1) is 29.4. The molecule has 0 bridgehead atoms. The summed E-state index contributed by atoms with van der Waals surface area (Å²) in [7, 11) is 0. The minimum absolute atomic E-state index is 0.296. The fraction of sp³-hybridized carbons (Fsp3) is 0.364. The number of nitrogens with zero attached hydrogens (tertiary/aromatic N) is 5. The second kappa shape index (κ2) is 11.8. The van der Waals surface area contributed by atoms with Gasteiger partial charge in [-0.05, 0) is 88.2 Å². The highest BCUT2D eigenvalue weighted by atomic mass is 19.1. The Morgan fingerprint density at radius 3 is 2.41 bits per heavy atom. The van der Waals surface area contributed by atoms with E-state index in [4.69, 9.17) is 4.74 Å². The molecule has 2 fully saturated rings. The molecule has 6 rings (SSSR count). The highest BCUT2D eigenvalue weighted by Crippen LogP contribution is 2.38. The van der Waals surface area contributed by atoms with Gasteiger partial charge in [0, 0.05) is 61.5 Å². The lowest BCUT2D eigenvalue weighted by molar-refractivity contribution is 0.0240. The van der Waals surface area contributed by atoms with Gasteiger partial charge in [-0.1, -0.05) is 0 Å². The van der Waals surface area contributed by atoms with Gasteiger partial charge in [0.1, 0.15) is 17.2 Å². The van der Waals surface area contributed by atoms with Gasteiger partial charge in [-0.2, -0.15) is 5.10 Å². The smallest absolute Gasteiger partial charge is 0.410 e. The molecule has 2 aliphatic heterocycles. The zero-order valence-corrected chi connectivity index (χ0v) is 25.1. The van der Waals surface area contributed by atoms with Crippen molar-refractivity contribution in [3.8, 4) is 0 Å². The topological polar surface area (TPSA) is 82.4 Å². The minimum atomic E-state index is -0.526. The first-order valence-corrected chi connectivity index (χ1v) is 14.9. The number of amides is 2. The predicted octanol–water partition coefficient (Wildman–Crippen LogP) is 6.26. The van der Waals surface area contributed by atoms with Gasteiger partial charge in [0.25, 0.3) is 5.91 Å². The van der Waals surface area contributed by atoms with Gasteiger partial charge in [0.05, 0.1) is 23.3 Å². The van der Waals surface area contributed by atoms with Crippen LogP contribution in [0.25, 0.3) is 5.52 Å². The number of halogens is 2. The monoisotopic (exact) mass is 602 g/mol. The fourth-order valence-corrected chi connectivity index (χ4v) is 5.92. The van der Waals surface area contributed by atoms with Crippen LogP contribution < -0.4 is 15.1 Å². The third-order valence-electron chi connectivity index (χ3n) is 8.07. The van der Waals surface area contributed by atoms with Crippen LogP contribution in [0.5, 0.6) is 0 Å². The van der Waals surface area contributed by atoms with Crippen LogP contribution in [0, 0.1) is 11.6 Å². The quantitative estimate of drug-likeness (QED) is 0.290. The molecule has 0 unspecified atom stereocenters. The van der Waals surface area contributed by atoms with Crippen LogP contribution >= 0.6 is 0 Å². The molecule has 1 atom stereocenters. The third-order valence-corrected chi connectivity index (χ3v) is 8.07. The number of anilines is 3. The molecule has 4 heterocycles. The summed E-state index contributed by atoms with van der Waals surface area (Å²) < 4.78 is 35.7. The Kier molecular flexibility index (Phi) is 7.87. The van der Waals surface area contributed by atoms with Crippen molar-refractivity contribution >= 4 is 34.6 Å². The summed E-state index contributed by atoms with van der Waals surface area (Å²) in [5, 5.41) is 7.31. The van der Waals surface area contributed by atoms with Crippen LogP contribution in [0.1, 0.15) is 55.6 Å². The predicted molar refractivity (Wildman–Crippen MR) is 165 cm³/mol. The summed E-state index contributed by atoms with van der Waals surface area (Å²) in [5.74, 6) is -1.19. The molecule has 11 heteroatoms. The molecule has 44 heavy (non-hydrogen) atoms. The van der Waals surface area contributed by atoms with Crippen LogP contribution in [0.3, 0.4) is 0 Å². The Bertz CT molecular complexity index is 1680. The minimum Gasteiger partial charge on any atom is -0.444 e. The SMILES string of the molecule is CC(C)(C)OC(=O)N1CCN(c2ccc(NC(=O)c3cnn4ccc(N5CCC[C@@H]5c5cc(F)ccc5F)cc34)cc2)CC1. The number of benzene rings is 2. The molecule has 0 saturated carbocycles. The maximum Gasteiger partial charge on any atom is 0.410 e. The van der Waals surface area contributed by atoms with Gasteiger partial charge in [0.2, 0.25) is 0 Å². The molecule has 0 aliphatic carbocycles. The zero-order chi connectivity index (χ0) is 31.0. The van der Waals surface area contributed by atoms with E-state index in [9.17, 15) is 18.4 Å². The lowest BCUT2D eigenvalue weighted by Crippen LogP contribution is -2.50. The van der Waals surface area contributed by atoms with Crippen molar-refractivity contribution in [2.75, 3.05) is 47.8 Å². The van der Waals surface area contributed by atoms with Crippen LogP contribution in [0.15, 0.2) is 67.0 Å². The average Bonchev–Trinajstić information content (AvgIpc) is 3.65. The first-order valence-electron chi connectivity index (χ1n) is 14.9. The van der Waals surface area contributed by atoms with Crippen molar-refractivity contribution in [3.63, 3.8) is 0 Å². The van der Waals surface area contributed by atoms with Crippen LogP contribution in [-0.2, 0) is 4.74 Å². The normalized spacial score (nSPS) is 17.3. The maximum atomic E-state index is 14.6. The Morgan fingerprint density at radius 2 is 1.68 bits per heavy atom. The van der Waals surface area contributed by atoms with E-state index in [1.54, 1.807) is 15.6 Å². The largest absolute Gasteiger partial charge is 0.444 e. The molecule has 2 aromatic heterocycles. The number of aromatic nitrogens is 2. The summed E-state index contributed by atoms with van der Waals surface area (Å²) >= 11 is 0. The van der Waals surface area contributed by atoms with Crippen molar-refractivity contribution in [1.82, 2.24) is 14.5 Å². The molecule has 0 radical (unpaired) electrons. The summed E-state index contributed by atoms with van der Waals surface area (Å²) in [6.07, 6.45) is 4.55. The van der Waals surface area contributed by atoms with Gasteiger partial charge < -0.3 is 24.8 Å². The molecule has 1 N–H and O–H groups in total. The first-order chi connectivity index (χ1) is 21.1. The Hall–Kier alpha value is -4.67. The van der Waals surface area contributed by atoms with Gasteiger partial charge in [-0.15, -0.1) is 0 Å². The summed E-state index contributed by atoms with van der Waals surface area (Å²) in [6, 6.07) is 14.6. The molecule has 230 valence electrons. The van der Waals surface area contributed by atoms with E-state index in [1.165, 1.54) is 18.3 Å². The second-order valence-corrected chi connectivity index (χ2v) is 12.2. The highest BCUT2D eigenvalue weighted by Gasteiger charge is 2.30. The van der Waals surface area contributed by atoms with E-state index in [-0.39, 0.29) is 18.0 Å². The number of ether oxygens (including phenoxy) is 1. The maximum absolute atomic E-state index is 14.6. The van der Waals surface area contributed by atoms with E-state index in [0.717, 1.165) is 23.9 Å². The van der Waals surface area contributed by atoms with E-state index in [0.29, 0.717) is 61.5 Å². The van der Waals surface area contributed by atoms with E-state index in [1.807, 2.05) is 57.2 Å². The van der Waals surface area contributed by atoms with Crippen LogP contribution in [-0.4, -0.2) is 64.8 Å². The standard InChI is InChI=1S/C33H36F2N6O3/c1-33(2,3)44-32(43)39-17-15-38(16-18-39)24-9-7-23(8-10-24)37-31(42)27-21-36-41-14-12-25(20-30(27)41)40-13-4-5-29(40)26-19-22(34)6-11-28(26)35/h6-12,14,19-21,29H,4-5,13,15-18H2,1-3H3,(H,37,42)/t29-/m1/s1. The molecular weight excluding hydrogens is 566 g/mol. The second-order valence-electron chi connectivity index (χ2n) is 12.2. The van der Waals surface area contributed by atoms with Gasteiger partial charge in [-0.3, -0.25) is 4.79 Å². The fourth-order valence-electron chi connectivity index (χ4n) is 5.92. The number of hydrogen-bond donors (Lipinski definition) is 1. The van der Waals surface area contributed by atoms with Crippen molar-refractivity contribution in [3.05, 3.63) is 89.8 Å². The number of rotatable bonds is 5. The molecule has 9 nitrogen and oxygen atoms in total. The molecule has 0 spiro atoms. The Balaban J connectivity index is 1.12. The third kappa shape index (κ3) is 6.17. The number of pyridine rings is 1.